The third-order valence-electron chi connectivity index (χ3n) is 1.98. The minimum Gasteiger partial charge on any atom is -0.103 e. The molecule has 0 saturated heterocycles. The summed E-state index contributed by atoms with van der Waals surface area (Å²) in [4.78, 5) is 0. The number of hydrogen-bond donors (Lipinski definition) is 0. The minimum absolute atomic E-state index is 0. The van der Waals surface area contributed by atoms with Gasteiger partial charge in [-0.15, -0.1) is 6.58 Å². The topological polar surface area (TPSA) is 0 Å². The van der Waals surface area contributed by atoms with Crippen LogP contribution in [0.25, 0.3) is 0 Å². The summed E-state index contributed by atoms with van der Waals surface area (Å²) in [5.74, 6) is 0.851. The Balaban J connectivity index is 0.000000640. The zero-order chi connectivity index (χ0) is 5.82. The monoisotopic (exact) mass is 136 g/mol. The molecule has 1 aliphatic carbocycles. The van der Waals surface area contributed by atoms with Crippen molar-refractivity contribution in [3.63, 3.8) is 0 Å². The van der Waals surface area contributed by atoms with E-state index in [0.29, 0.717) is 0 Å². The lowest BCUT2D eigenvalue weighted by molar-refractivity contribution is 0.420. The Hall–Kier alpha value is 0.506. The third-order valence-corrected chi connectivity index (χ3v) is 1.98. The predicted molar refractivity (Wildman–Crippen MR) is 45.3 cm³/mol. The summed E-state index contributed by atoms with van der Waals surface area (Å²) < 4.78 is 0. The van der Waals surface area contributed by atoms with Gasteiger partial charge in [-0.25, -0.2) is 0 Å². The zero-order valence-electron chi connectivity index (χ0n) is 5.40. The van der Waals surface area contributed by atoms with Gasteiger partial charge in [0.25, 0.3) is 0 Å². The molecular formula is C8H16Mg. The van der Waals surface area contributed by atoms with Crippen LogP contribution in [0.2, 0.25) is 0 Å². The Morgan fingerprint density at radius 2 is 1.67 bits per heavy atom. The van der Waals surface area contributed by atoms with Crippen molar-refractivity contribution in [1.29, 1.82) is 0 Å². The van der Waals surface area contributed by atoms with Gasteiger partial charge in [-0.05, 0) is 18.8 Å². The molecule has 1 rings (SSSR count). The van der Waals surface area contributed by atoms with Gasteiger partial charge < -0.3 is 0 Å². The summed E-state index contributed by atoms with van der Waals surface area (Å²) in [5, 5.41) is 0. The van der Waals surface area contributed by atoms with Crippen LogP contribution in [-0.2, 0) is 0 Å². The molecule has 0 aliphatic heterocycles. The highest BCUT2D eigenvalue weighted by atomic mass is 24.3. The summed E-state index contributed by atoms with van der Waals surface area (Å²) in [6.07, 6.45) is 9.20. The van der Waals surface area contributed by atoms with Gasteiger partial charge in [0, 0.05) is 0 Å². The SMILES string of the molecule is C=CC1CCCCC1.[MgH2]. The fourth-order valence-electron chi connectivity index (χ4n) is 1.37. The molecule has 9 heavy (non-hydrogen) atoms. The average molecular weight is 137 g/mol. The van der Waals surface area contributed by atoms with Crippen LogP contribution < -0.4 is 0 Å². The first-order chi connectivity index (χ1) is 3.93. The Labute approximate surface area is 73.9 Å². The van der Waals surface area contributed by atoms with E-state index in [2.05, 4.69) is 12.7 Å². The van der Waals surface area contributed by atoms with E-state index in [0.717, 1.165) is 5.92 Å². The van der Waals surface area contributed by atoms with E-state index in [4.69, 9.17) is 0 Å². The maximum Gasteiger partial charge on any atom is 0.316 e. The van der Waals surface area contributed by atoms with Gasteiger partial charge in [0.15, 0.2) is 0 Å². The van der Waals surface area contributed by atoms with Gasteiger partial charge in [-0.1, -0.05) is 25.3 Å². The molecule has 0 aromatic carbocycles. The first-order valence-corrected chi connectivity index (χ1v) is 3.56. The molecule has 0 amide bonds. The van der Waals surface area contributed by atoms with Gasteiger partial charge in [0.05, 0.1) is 0 Å². The van der Waals surface area contributed by atoms with Crippen molar-refractivity contribution in [2.45, 2.75) is 32.1 Å². The van der Waals surface area contributed by atoms with E-state index in [9.17, 15) is 0 Å². The lowest BCUT2D eigenvalue weighted by atomic mass is 9.90. The lowest BCUT2D eigenvalue weighted by Crippen LogP contribution is -2.01. The minimum atomic E-state index is 0. The van der Waals surface area contributed by atoms with Crippen LogP contribution in [0.4, 0.5) is 0 Å². The van der Waals surface area contributed by atoms with E-state index >= 15 is 0 Å². The highest BCUT2D eigenvalue weighted by Crippen LogP contribution is 2.23. The van der Waals surface area contributed by atoms with Crippen LogP contribution in [0.3, 0.4) is 0 Å². The molecule has 0 unspecified atom stereocenters. The van der Waals surface area contributed by atoms with Gasteiger partial charge in [-0.3, -0.25) is 0 Å². The quantitative estimate of drug-likeness (QED) is 0.381. The average Bonchev–Trinajstić information content (AvgIpc) is 1.90. The van der Waals surface area contributed by atoms with Crippen LogP contribution in [-0.4, -0.2) is 23.1 Å². The van der Waals surface area contributed by atoms with Crippen LogP contribution in [0.5, 0.6) is 0 Å². The molecule has 0 aromatic heterocycles. The maximum absolute atomic E-state index is 3.78. The molecule has 1 aliphatic rings. The third kappa shape index (κ3) is 3.26. The molecule has 1 heteroatoms. The Bertz CT molecular complexity index is 72.6. The van der Waals surface area contributed by atoms with Crippen LogP contribution >= 0.6 is 0 Å². The molecule has 0 N–H and O–H groups in total. The van der Waals surface area contributed by atoms with Crippen molar-refractivity contribution >= 4 is 23.1 Å². The fourth-order valence-corrected chi connectivity index (χ4v) is 1.37. The molecule has 0 bridgehead atoms. The molecule has 1 fully saturated rings. The van der Waals surface area contributed by atoms with Crippen molar-refractivity contribution in [3.8, 4) is 0 Å². The molecule has 50 valence electrons. The van der Waals surface area contributed by atoms with E-state index < -0.39 is 0 Å². The second-order valence-corrected chi connectivity index (χ2v) is 2.63. The summed E-state index contributed by atoms with van der Waals surface area (Å²) in [7, 11) is 0. The van der Waals surface area contributed by atoms with E-state index in [1.54, 1.807) is 0 Å². The smallest absolute Gasteiger partial charge is 0.103 e. The fraction of sp³-hybridized carbons (Fsp3) is 0.750. The molecule has 0 heterocycles. The molecule has 0 nitrogen and oxygen atoms in total. The van der Waals surface area contributed by atoms with Gasteiger partial charge in [0.2, 0.25) is 0 Å². The summed E-state index contributed by atoms with van der Waals surface area (Å²) in [6.45, 7) is 3.78. The number of allylic oxidation sites excluding steroid dienone is 1. The maximum atomic E-state index is 3.78. The predicted octanol–water partition coefficient (Wildman–Crippen LogP) is 1.84. The number of hydrogen-bond acceptors (Lipinski definition) is 0. The van der Waals surface area contributed by atoms with E-state index in [-0.39, 0.29) is 23.1 Å². The van der Waals surface area contributed by atoms with Crippen molar-refractivity contribution in [2.75, 3.05) is 0 Å². The van der Waals surface area contributed by atoms with Crippen LogP contribution in [0.15, 0.2) is 12.7 Å². The molecule has 0 spiro atoms. The normalized spacial score (nSPS) is 20.4. The van der Waals surface area contributed by atoms with Gasteiger partial charge in [-0.2, -0.15) is 0 Å². The summed E-state index contributed by atoms with van der Waals surface area (Å²) in [5.41, 5.74) is 0. The summed E-state index contributed by atoms with van der Waals surface area (Å²) >= 11 is 0. The van der Waals surface area contributed by atoms with Gasteiger partial charge >= 0.3 is 23.1 Å². The highest BCUT2D eigenvalue weighted by molar-refractivity contribution is 5.75. The molecule has 0 radical (unpaired) electrons. The van der Waals surface area contributed by atoms with E-state index in [1.165, 1.54) is 32.1 Å². The standard InChI is InChI=1S/C8H14.Mg.2H/c1-2-8-6-4-3-5-7-8;;;/h2,8H,1,3-7H2;;;. The second kappa shape index (κ2) is 5.30. The van der Waals surface area contributed by atoms with Gasteiger partial charge in [0.1, 0.15) is 0 Å². The van der Waals surface area contributed by atoms with Crippen molar-refractivity contribution in [2.24, 2.45) is 5.92 Å². The van der Waals surface area contributed by atoms with Crippen LogP contribution in [0, 0.1) is 5.92 Å². The highest BCUT2D eigenvalue weighted by Gasteiger charge is 2.07. The lowest BCUT2D eigenvalue weighted by Gasteiger charge is -2.16. The molecular weight excluding hydrogens is 120 g/mol. The van der Waals surface area contributed by atoms with E-state index in [1.807, 2.05) is 0 Å². The zero-order valence-corrected chi connectivity index (χ0v) is 5.40. The first-order valence-electron chi connectivity index (χ1n) is 3.56. The summed E-state index contributed by atoms with van der Waals surface area (Å²) in [6, 6.07) is 0. The molecule has 1 saturated carbocycles. The Kier molecular flexibility index (Phi) is 5.60. The largest absolute Gasteiger partial charge is 0.316 e. The number of rotatable bonds is 1. The van der Waals surface area contributed by atoms with Crippen LogP contribution in [0.1, 0.15) is 32.1 Å². The van der Waals surface area contributed by atoms with Crippen molar-refractivity contribution in [3.05, 3.63) is 12.7 Å². The Morgan fingerprint density at radius 3 is 2.00 bits per heavy atom. The Morgan fingerprint density at radius 1 is 1.11 bits per heavy atom. The molecule has 0 atom stereocenters. The molecule has 0 aromatic rings. The van der Waals surface area contributed by atoms with Crippen molar-refractivity contribution in [1.82, 2.24) is 0 Å². The van der Waals surface area contributed by atoms with Crippen molar-refractivity contribution < 1.29 is 0 Å². The second-order valence-electron chi connectivity index (χ2n) is 2.63. The first kappa shape index (κ1) is 9.51.